The van der Waals surface area contributed by atoms with E-state index in [2.05, 4.69) is 36.6 Å². The molecule has 1 heterocycles. The molecule has 0 unspecified atom stereocenters. The summed E-state index contributed by atoms with van der Waals surface area (Å²) in [6.07, 6.45) is 1.06. The van der Waals surface area contributed by atoms with E-state index in [1.165, 1.54) is 0 Å². The average molecular weight is 326 g/mol. The number of hydrazine groups is 1. The van der Waals surface area contributed by atoms with Gasteiger partial charge in [-0.15, -0.1) is 0 Å². The molecule has 0 fully saturated rings. The van der Waals surface area contributed by atoms with Crippen LogP contribution in [-0.2, 0) is 0 Å². The van der Waals surface area contributed by atoms with Crippen molar-refractivity contribution >= 4 is 33.4 Å². The highest BCUT2D eigenvalue weighted by Crippen LogP contribution is 2.28. The predicted molar refractivity (Wildman–Crippen MR) is 76.7 cm³/mol. The van der Waals surface area contributed by atoms with Gasteiger partial charge in [-0.2, -0.15) is 4.98 Å². The van der Waals surface area contributed by atoms with Crippen molar-refractivity contribution in [2.45, 2.75) is 13.8 Å². The van der Waals surface area contributed by atoms with Gasteiger partial charge < -0.3 is 5.32 Å². The van der Waals surface area contributed by atoms with Crippen molar-refractivity contribution in [3.8, 4) is 0 Å². The van der Waals surface area contributed by atoms with Crippen LogP contribution >= 0.6 is 15.9 Å². The molecule has 1 aromatic heterocycles. The molecule has 0 aliphatic carbocycles. The number of hydrogen-bond acceptors (Lipinski definition) is 5. The Bertz CT molecular complexity index is 594. The van der Waals surface area contributed by atoms with E-state index < -0.39 is 5.82 Å². The van der Waals surface area contributed by atoms with Crippen LogP contribution in [-0.4, -0.2) is 9.97 Å². The molecule has 0 saturated carbocycles. The molecular formula is C12H13BrFN5. The number of nitrogens with zero attached hydrogens (tertiary/aromatic N) is 2. The van der Waals surface area contributed by atoms with E-state index in [-0.39, 0.29) is 11.8 Å². The van der Waals surface area contributed by atoms with E-state index >= 15 is 0 Å². The minimum atomic E-state index is -0.541. The summed E-state index contributed by atoms with van der Waals surface area (Å²) < 4.78 is 14.6. The van der Waals surface area contributed by atoms with E-state index in [1.54, 1.807) is 0 Å². The van der Waals surface area contributed by atoms with Crippen molar-refractivity contribution in [1.29, 1.82) is 0 Å². The van der Waals surface area contributed by atoms with Crippen molar-refractivity contribution in [3.05, 3.63) is 39.7 Å². The third-order valence-electron chi connectivity index (χ3n) is 2.61. The van der Waals surface area contributed by atoms with Crippen LogP contribution in [0.3, 0.4) is 0 Å². The smallest absolute Gasteiger partial charge is 0.239 e. The Morgan fingerprint density at radius 3 is 2.47 bits per heavy atom. The molecule has 0 radical (unpaired) electrons. The first-order valence-corrected chi connectivity index (χ1v) is 6.33. The second-order valence-electron chi connectivity index (χ2n) is 4.07. The van der Waals surface area contributed by atoms with Crippen molar-refractivity contribution < 1.29 is 4.39 Å². The van der Waals surface area contributed by atoms with Gasteiger partial charge in [-0.3, -0.25) is 5.43 Å². The molecule has 1 aromatic carbocycles. The number of anilines is 3. The number of aryl methyl sites for hydroxylation is 2. The highest BCUT2D eigenvalue weighted by Gasteiger charge is 2.10. The SMILES string of the molecule is Cc1cc(Br)cc(C)c1Nc1nc(NN)ncc1F. The van der Waals surface area contributed by atoms with Gasteiger partial charge in [0.15, 0.2) is 11.6 Å². The Labute approximate surface area is 118 Å². The molecule has 2 aromatic rings. The van der Waals surface area contributed by atoms with Crippen molar-refractivity contribution in [1.82, 2.24) is 9.97 Å². The van der Waals surface area contributed by atoms with E-state index in [0.717, 1.165) is 27.5 Å². The fraction of sp³-hybridized carbons (Fsp3) is 0.167. The van der Waals surface area contributed by atoms with E-state index in [1.807, 2.05) is 26.0 Å². The second kappa shape index (κ2) is 5.50. The molecule has 5 nitrogen and oxygen atoms in total. The minimum absolute atomic E-state index is 0.0801. The van der Waals surface area contributed by atoms with Gasteiger partial charge in [-0.25, -0.2) is 15.2 Å². The summed E-state index contributed by atoms with van der Waals surface area (Å²) in [4.78, 5) is 7.63. The summed E-state index contributed by atoms with van der Waals surface area (Å²) in [5, 5.41) is 2.97. The maximum atomic E-state index is 13.7. The Morgan fingerprint density at radius 1 is 1.26 bits per heavy atom. The average Bonchev–Trinajstić information content (AvgIpc) is 2.35. The molecule has 0 atom stereocenters. The van der Waals surface area contributed by atoms with Gasteiger partial charge in [0.05, 0.1) is 6.20 Å². The zero-order valence-corrected chi connectivity index (χ0v) is 12.0. The molecule has 0 saturated heterocycles. The molecule has 0 amide bonds. The number of hydrogen-bond donors (Lipinski definition) is 3. The highest BCUT2D eigenvalue weighted by atomic mass is 79.9. The fourth-order valence-electron chi connectivity index (χ4n) is 1.75. The number of nitrogens with one attached hydrogen (secondary N) is 2. The first-order chi connectivity index (χ1) is 9.01. The zero-order chi connectivity index (χ0) is 14.0. The number of aromatic nitrogens is 2. The lowest BCUT2D eigenvalue weighted by Crippen LogP contribution is -2.12. The summed E-state index contributed by atoms with van der Waals surface area (Å²) in [5.74, 6) is 4.90. The molecule has 2 rings (SSSR count). The number of benzene rings is 1. The third kappa shape index (κ3) is 2.99. The lowest BCUT2D eigenvalue weighted by atomic mass is 10.1. The zero-order valence-electron chi connectivity index (χ0n) is 10.5. The lowest BCUT2D eigenvalue weighted by Gasteiger charge is -2.13. The quantitative estimate of drug-likeness (QED) is 0.597. The minimum Gasteiger partial charge on any atom is -0.337 e. The lowest BCUT2D eigenvalue weighted by molar-refractivity contribution is 0.619. The monoisotopic (exact) mass is 325 g/mol. The summed E-state index contributed by atoms with van der Waals surface area (Å²) in [5.41, 5.74) is 5.05. The molecule has 4 N–H and O–H groups in total. The summed E-state index contributed by atoms with van der Waals surface area (Å²) in [6.45, 7) is 3.86. The Balaban J connectivity index is 2.41. The third-order valence-corrected chi connectivity index (χ3v) is 3.07. The van der Waals surface area contributed by atoms with Crippen LogP contribution in [0, 0.1) is 19.7 Å². The molecule has 0 aliphatic rings. The van der Waals surface area contributed by atoms with Gasteiger partial charge in [0.1, 0.15) is 0 Å². The molecule has 0 spiro atoms. The van der Waals surface area contributed by atoms with Crippen LogP contribution in [0.2, 0.25) is 0 Å². The van der Waals surface area contributed by atoms with E-state index in [9.17, 15) is 4.39 Å². The number of rotatable bonds is 3. The molecule has 19 heavy (non-hydrogen) atoms. The predicted octanol–water partition coefficient (Wildman–Crippen LogP) is 3.02. The first kappa shape index (κ1) is 13.7. The molecule has 100 valence electrons. The Morgan fingerprint density at radius 2 is 1.89 bits per heavy atom. The van der Waals surface area contributed by atoms with Crippen LogP contribution in [0.5, 0.6) is 0 Å². The van der Waals surface area contributed by atoms with Crippen LogP contribution in [0.15, 0.2) is 22.8 Å². The molecule has 7 heteroatoms. The summed E-state index contributed by atoms with van der Waals surface area (Å²) in [6, 6.07) is 3.88. The maximum absolute atomic E-state index is 13.7. The standard InChI is InChI=1S/C12H13BrFN5/c1-6-3-8(13)4-7(2)10(6)17-11-9(14)5-16-12(18-11)19-15/h3-5H,15H2,1-2H3,(H2,16,17,18,19). The van der Waals surface area contributed by atoms with Gasteiger partial charge in [0, 0.05) is 10.2 Å². The van der Waals surface area contributed by atoms with Gasteiger partial charge in [-0.05, 0) is 37.1 Å². The fourth-order valence-corrected chi connectivity index (χ4v) is 2.44. The van der Waals surface area contributed by atoms with Crippen LogP contribution in [0.25, 0.3) is 0 Å². The van der Waals surface area contributed by atoms with Crippen molar-refractivity contribution in [3.63, 3.8) is 0 Å². The van der Waals surface area contributed by atoms with Crippen molar-refractivity contribution in [2.24, 2.45) is 5.84 Å². The maximum Gasteiger partial charge on any atom is 0.239 e. The summed E-state index contributed by atoms with van der Waals surface area (Å²) >= 11 is 3.42. The van der Waals surface area contributed by atoms with Crippen molar-refractivity contribution in [2.75, 3.05) is 10.7 Å². The number of nitrogen functional groups attached to an aromatic ring is 1. The van der Waals surface area contributed by atoms with E-state index in [4.69, 9.17) is 5.84 Å². The van der Waals surface area contributed by atoms with E-state index in [0.29, 0.717) is 0 Å². The normalized spacial score (nSPS) is 10.4. The van der Waals surface area contributed by atoms with Crippen LogP contribution in [0.4, 0.5) is 21.8 Å². The summed E-state index contributed by atoms with van der Waals surface area (Å²) in [7, 11) is 0. The van der Waals surface area contributed by atoms with Gasteiger partial charge in [0.2, 0.25) is 5.95 Å². The highest BCUT2D eigenvalue weighted by molar-refractivity contribution is 9.10. The molecule has 0 bridgehead atoms. The Kier molecular flexibility index (Phi) is 3.96. The Hall–Kier alpha value is -1.73. The van der Waals surface area contributed by atoms with Gasteiger partial charge in [0.25, 0.3) is 0 Å². The number of nitrogens with two attached hydrogens (primary N) is 1. The largest absolute Gasteiger partial charge is 0.337 e. The first-order valence-electron chi connectivity index (χ1n) is 5.54. The topological polar surface area (TPSA) is 75.9 Å². The van der Waals surface area contributed by atoms with Crippen LogP contribution < -0.4 is 16.6 Å². The molecule has 0 aliphatic heterocycles. The van der Waals surface area contributed by atoms with Gasteiger partial charge in [-0.1, -0.05) is 15.9 Å². The molecular weight excluding hydrogens is 313 g/mol. The van der Waals surface area contributed by atoms with Crippen LogP contribution in [0.1, 0.15) is 11.1 Å². The van der Waals surface area contributed by atoms with Gasteiger partial charge >= 0.3 is 0 Å². The number of halogens is 2. The second-order valence-corrected chi connectivity index (χ2v) is 4.99.